The van der Waals surface area contributed by atoms with E-state index in [9.17, 15) is 4.39 Å². The van der Waals surface area contributed by atoms with Crippen molar-refractivity contribution in [3.8, 4) is 0 Å². The summed E-state index contributed by atoms with van der Waals surface area (Å²) in [6.45, 7) is 2.04. The number of imidazole rings is 1. The van der Waals surface area contributed by atoms with Gasteiger partial charge in [0.15, 0.2) is 4.77 Å². The van der Waals surface area contributed by atoms with E-state index in [-0.39, 0.29) is 11.9 Å². The maximum atomic E-state index is 13.6. The Kier molecular flexibility index (Phi) is 3.43. The number of hydrogen-bond acceptors (Lipinski definition) is 2. The van der Waals surface area contributed by atoms with Gasteiger partial charge in [-0.2, -0.15) is 0 Å². The summed E-state index contributed by atoms with van der Waals surface area (Å²) in [6, 6.07) is 7.09. The molecule has 1 unspecified atom stereocenters. The summed E-state index contributed by atoms with van der Waals surface area (Å²) in [5.74, 6) is -0.310. The molecule has 1 aromatic carbocycles. The summed E-state index contributed by atoms with van der Waals surface area (Å²) in [5, 5.41) is 0. The van der Waals surface area contributed by atoms with E-state index in [0.29, 0.717) is 14.8 Å². The number of rotatable bonds is 2. The second-order valence-electron chi connectivity index (χ2n) is 4.55. The number of nitrogens with zero attached hydrogens (tertiary/aromatic N) is 2. The van der Waals surface area contributed by atoms with Crippen molar-refractivity contribution in [2.24, 2.45) is 0 Å². The van der Waals surface area contributed by atoms with Crippen LogP contribution in [0, 0.1) is 10.6 Å². The highest BCUT2D eigenvalue weighted by atomic mass is 79.9. The predicted octanol–water partition coefficient (Wildman–Crippen LogP) is 4.60. The highest BCUT2D eigenvalue weighted by Gasteiger charge is 2.15. The van der Waals surface area contributed by atoms with Crippen LogP contribution >= 0.6 is 28.1 Å². The third kappa shape index (κ3) is 2.19. The van der Waals surface area contributed by atoms with Crippen LogP contribution in [0.5, 0.6) is 0 Å². The molecule has 0 saturated carbocycles. The van der Waals surface area contributed by atoms with E-state index >= 15 is 0 Å². The molecule has 2 aromatic heterocycles. The Hall–Kier alpha value is -1.53. The quantitative estimate of drug-likeness (QED) is 0.684. The van der Waals surface area contributed by atoms with Crippen molar-refractivity contribution < 1.29 is 4.39 Å². The lowest BCUT2D eigenvalue weighted by atomic mass is 10.1. The normalized spacial score (nSPS) is 12.8. The highest BCUT2D eigenvalue weighted by Crippen LogP contribution is 2.27. The van der Waals surface area contributed by atoms with Gasteiger partial charge >= 0.3 is 0 Å². The van der Waals surface area contributed by atoms with E-state index < -0.39 is 0 Å². The van der Waals surface area contributed by atoms with Crippen LogP contribution in [0.1, 0.15) is 18.5 Å². The molecule has 0 aliphatic heterocycles. The fourth-order valence-corrected chi connectivity index (χ4v) is 2.97. The SMILES string of the molecule is CC(c1cccnc1)n1c(=S)[nH]c2cc(F)c(Br)cc21. The molecule has 0 aliphatic rings. The first kappa shape index (κ1) is 13.5. The average Bonchev–Trinajstić information content (AvgIpc) is 2.75. The molecule has 1 atom stereocenters. The van der Waals surface area contributed by atoms with Gasteiger partial charge in [0, 0.05) is 18.5 Å². The Labute approximate surface area is 128 Å². The number of benzene rings is 1. The molecule has 6 heteroatoms. The Morgan fingerprint density at radius 2 is 2.25 bits per heavy atom. The van der Waals surface area contributed by atoms with E-state index in [1.165, 1.54) is 6.07 Å². The van der Waals surface area contributed by atoms with E-state index in [1.54, 1.807) is 12.3 Å². The van der Waals surface area contributed by atoms with Crippen LogP contribution in [0.3, 0.4) is 0 Å². The van der Waals surface area contributed by atoms with Gasteiger partial charge in [-0.05, 0) is 52.8 Å². The summed E-state index contributed by atoms with van der Waals surface area (Å²) in [4.78, 5) is 7.17. The molecule has 102 valence electrons. The van der Waals surface area contributed by atoms with Crippen LogP contribution in [0.15, 0.2) is 41.1 Å². The average molecular weight is 352 g/mol. The first-order valence-electron chi connectivity index (χ1n) is 6.07. The molecular formula is C14H11BrFN3S. The fraction of sp³-hybridized carbons (Fsp3) is 0.143. The monoisotopic (exact) mass is 351 g/mol. The molecule has 2 heterocycles. The lowest BCUT2D eigenvalue weighted by Crippen LogP contribution is -2.07. The molecule has 0 bridgehead atoms. The molecule has 1 N–H and O–H groups in total. The van der Waals surface area contributed by atoms with Gasteiger partial charge < -0.3 is 9.55 Å². The Balaban J connectivity index is 2.24. The van der Waals surface area contributed by atoms with Crippen molar-refractivity contribution >= 4 is 39.2 Å². The predicted molar refractivity (Wildman–Crippen MR) is 82.8 cm³/mol. The summed E-state index contributed by atoms with van der Waals surface area (Å²) in [7, 11) is 0. The second kappa shape index (κ2) is 5.10. The maximum Gasteiger partial charge on any atom is 0.178 e. The Morgan fingerprint density at radius 3 is 2.95 bits per heavy atom. The Morgan fingerprint density at radius 1 is 1.45 bits per heavy atom. The van der Waals surface area contributed by atoms with Crippen LogP contribution in [0.2, 0.25) is 0 Å². The second-order valence-corrected chi connectivity index (χ2v) is 5.79. The highest BCUT2D eigenvalue weighted by molar-refractivity contribution is 9.10. The molecule has 0 aliphatic carbocycles. The molecule has 3 aromatic rings. The number of H-pyrrole nitrogens is 1. The molecule has 0 amide bonds. The first-order valence-corrected chi connectivity index (χ1v) is 7.27. The molecule has 20 heavy (non-hydrogen) atoms. The third-order valence-electron chi connectivity index (χ3n) is 3.31. The number of aromatic amines is 1. The van der Waals surface area contributed by atoms with Gasteiger partial charge in [-0.1, -0.05) is 6.07 Å². The van der Waals surface area contributed by atoms with Gasteiger partial charge in [0.1, 0.15) is 5.82 Å². The Bertz CT molecular complexity index is 826. The minimum atomic E-state index is -0.310. The summed E-state index contributed by atoms with van der Waals surface area (Å²) >= 11 is 8.58. The van der Waals surface area contributed by atoms with E-state index in [2.05, 4.69) is 25.9 Å². The third-order valence-corrected chi connectivity index (χ3v) is 4.22. The summed E-state index contributed by atoms with van der Waals surface area (Å²) in [6.07, 6.45) is 3.54. The van der Waals surface area contributed by atoms with Gasteiger partial charge in [0.05, 0.1) is 21.5 Å². The summed E-state index contributed by atoms with van der Waals surface area (Å²) in [5.41, 5.74) is 2.59. The van der Waals surface area contributed by atoms with Crippen molar-refractivity contribution in [2.75, 3.05) is 0 Å². The first-order chi connectivity index (χ1) is 9.58. The van der Waals surface area contributed by atoms with Gasteiger partial charge in [-0.15, -0.1) is 0 Å². The number of pyridine rings is 1. The zero-order valence-electron chi connectivity index (χ0n) is 10.6. The van der Waals surface area contributed by atoms with Gasteiger partial charge in [0.2, 0.25) is 0 Å². The topological polar surface area (TPSA) is 33.6 Å². The van der Waals surface area contributed by atoms with E-state index in [1.807, 2.05) is 29.8 Å². The largest absolute Gasteiger partial charge is 0.330 e. The molecule has 3 rings (SSSR count). The van der Waals surface area contributed by atoms with Gasteiger partial charge in [0.25, 0.3) is 0 Å². The van der Waals surface area contributed by atoms with E-state index in [0.717, 1.165) is 11.1 Å². The van der Waals surface area contributed by atoms with Crippen molar-refractivity contribution in [3.05, 3.63) is 57.3 Å². The van der Waals surface area contributed by atoms with Crippen LogP contribution in [0.25, 0.3) is 11.0 Å². The van der Waals surface area contributed by atoms with Crippen LogP contribution in [-0.2, 0) is 0 Å². The minimum Gasteiger partial charge on any atom is -0.330 e. The molecule has 3 nitrogen and oxygen atoms in total. The van der Waals surface area contributed by atoms with Gasteiger partial charge in [-0.25, -0.2) is 4.39 Å². The van der Waals surface area contributed by atoms with Crippen molar-refractivity contribution in [1.82, 2.24) is 14.5 Å². The molecule has 0 spiro atoms. The fourth-order valence-electron chi connectivity index (χ4n) is 2.28. The number of halogens is 2. The number of hydrogen-bond donors (Lipinski definition) is 1. The molecular weight excluding hydrogens is 341 g/mol. The number of fused-ring (bicyclic) bond motifs is 1. The van der Waals surface area contributed by atoms with Crippen LogP contribution in [0.4, 0.5) is 4.39 Å². The zero-order valence-corrected chi connectivity index (χ0v) is 13.0. The molecule has 0 saturated heterocycles. The maximum absolute atomic E-state index is 13.6. The van der Waals surface area contributed by atoms with Crippen LogP contribution < -0.4 is 0 Å². The molecule has 0 fully saturated rings. The number of aromatic nitrogens is 3. The lowest BCUT2D eigenvalue weighted by molar-refractivity contribution is 0.621. The molecule has 0 radical (unpaired) electrons. The van der Waals surface area contributed by atoms with Crippen molar-refractivity contribution in [2.45, 2.75) is 13.0 Å². The van der Waals surface area contributed by atoms with Gasteiger partial charge in [-0.3, -0.25) is 4.98 Å². The van der Waals surface area contributed by atoms with Crippen molar-refractivity contribution in [3.63, 3.8) is 0 Å². The smallest absolute Gasteiger partial charge is 0.178 e. The summed E-state index contributed by atoms with van der Waals surface area (Å²) < 4.78 is 16.5. The van der Waals surface area contributed by atoms with Crippen LogP contribution in [-0.4, -0.2) is 14.5 Å². The minimum absolute atomic E-state index is 0.0160. The lowest BCUT2D eigenvalue weighted by Gasteiger charge is -2.14. The van der Waals surface area contributed by atoms with Crippen molar-refractivity contribution in [1.29, 1.82) is 0 Å². The zero-order chi connectivity index (χ0) is 14.3. The number of nitrogens with one attached hydrogen (secondary N) is 1. The van der Waals surface area contributed by atoms with E-state index in [4.69, 9.17) is 12.2 Å². The standard InChI is InChI=1S/C14H11BrFN3S/c1-8(9-3-2-4-17-7-9)19-13-5-10(15)11(16)6-12(13)18-14(19)20/h2-8H,1H3,(H,18,20).